The summed E-state index contributed by atoms with van der Waals surface area (Å²) in [6.07, 6.45) is 10.1. The number of rotatable bonds is 7. The van der Waals surface area contributed by atoms with Crippen molar-refractivity contribution >= 4 is 5.91 Å². The average molecular weight is 272 g/mol. The molecule has 0 aromatic carbocycles. The van der Waals surface area contributed by atoms with Crippen molar-refractivity contribution in [2.45, 2.75) is 19.8 Å². The zero-order valence-corrected chi connectivity index (χ0v) is 11.9. The number of amides is 1. The molecule has 0 fully saturated rings. The molecule has 1 N–H and O–H groups in total. The number of carbonyl (C=O) groups excluding carboxylic acids is 1. The lowest BCUT2D eigenvalue weighted by Gasteiger charge is -2.08. The zero-order chi connectivity index (χ0) is 14.8. The second-order valence-electron chi connectivity index (χ2n) is 4.04. The van der Waals surface area contributed by atoms with Crippen LogP contribution in [0.5, 0.6) is 5.75 Å². The van der Waals surface area contributed by atoms with Crippen molar-refractivity contribution in [3.8, 4) is 5.75 Å². The third-order valence-electron chi connectivity index (χ3n) is 2.45. The molecule has 0 aliphatic carbocycles. The Bertz CT molecular complexity index is 519. The highest BCUT2D eigenvalue weighted by Gasteiger charge is 2.04. The first-order chi connectivity index (χ1) is 9.69. The Balaban J connectivity index is 2.82. The summed E-state index contributed by atoms with van der Waals surface area (Å²) in [4.78, 5) is 15.5. The van der Waals surface area contributed by atoms with E-state index >= 15 is 0 Å². The van der Waals surface area contributed by atoms with Gasteiger partial charge in [0.1, 0.15) is 11.5 Å². The van der Waals surface area contributed by atoms with E-state index in [9.17, 15) is 4.79 Å². The first-order valence-corrected chi connectivity index (χ1v) is 6.52. The third-order valence-corrected chi connectivity index (χ3v) is 2.45. The van der Waals surface area contributed by atoms with E-state index in [4.69, 9.17) is 4.74 Å². The lowest BCUT2D eigenvalue weighted by Crippen LogP contribution is -2.20. The van der Waals surface area contributed by atoms with Crippen molar-refractivity contribution in [3.05, 3.63) is 60.7 Å². The number of carbonyl (C=O) groups is 1. The molecule has 0 saturated carbocycles. The van der Waals surface area contributed by atoms with Crippen molar-refractivity contribution in [1.82, 2.24) is 10.3 Å². The Labute approximate surface area is 119 Å². The molecule has 1 rings (SSSR count). The van der Waals surface area contributed by atoms with Gasteiger partial charge < -0.3 is 10.1 Å². The molecule has 0 atom stereocenters. The van der Waals surface area contributed by atoms with Crippen LogP contribution in [0.15, 0.2) is 55.0 Å². The molecule has 20 heavy (non-hydrogen) atoms. The van der Waals surface area contributed by atoms with Crippen molar-refractivity contribution in [2.24, 2.45) is 0 Å². The fourth-order valence-corrected chi connectivity index (χ4v) is 1.51. The van der Waals surface area contributed by atoms with Gasteiger partial charge in [-0.05, 0) is 24.6 Å². The SMILES string of the molecule is C=C/C=C\C(=C/CC)Oc1ccnc(CC(=O)NC)c1. The Hall–Kier alpha value is -2.36. The molecule has 1 aromatic rings. The van der Waals surface area contributed by atoms with Crippen LogP contribution in [0.4, 0.5) is 0 Å². The van der Waals surface area contributed by atoms with E-state index in [1.165, 1.54) is 0 Å². The highest BCUT2D eigenvalue weighted by atomic mass is 16.5. The van der Waals surface area contributed by atoms with Crippen molar-refractivity contribution < 1.29 is 9.53 Å². The Kier molecular flexibility index (Phi) is 6.82. The van der Waals surface area contributed by atoms with Crippen LogP contribution in [-0.4, -0.2) is 17.9 Å². The van der Waals surface area contributed by atoms with Crippen molar-refractivity contribution in [1.29, 1.82) is 0 Å². The van der Waals surface area contributed by atoms with Gasteiger partial charge in [0.15, 0.2) is 0 Å². The topological polar surface area (TPSA) is 51.2 Å². The Morgan fingerprint density at radius 1 is 1.55 bits per heavy atom. The van der Waals surface area contributed by atoms with Crippen LogP contribution in [0.1, 0.15) is 19.0 Å². The van der Waals surface area contributed by atoms with Crippen molar-refractivity contribution in [3.63, 3.8) is 0 Å². The predicted molar refractivity (Wildman–Crippen MR) is 80.3 cm³/mol. The molecular weight excluding hydrogens is 252 g/mol. The lowest BCUT2D eigenvalue weighted by molar-refractivity contribution is -0.120. The summed E-state index contributed by atoms with van der Waals surface area (Å²) < 4.78 is 5.77. The minimum Gasteiger partial charge on any atom is -0.458 e. The summed E-state index contributed by atoms with van der Waals surface area (Å²) in [5.74, 6) is 1.32. The number of ether oxygens (including phenoxy) is 1. The van der Waals surface area contributed by atoms with Gasteiger partial charge in [0, 0.05) is 19.3 Å². The van der Waals surface area contributed by atoms with Gasteiger partial charge in [-0.25, -0.2) is 0 Å². The summed E-state index contributed by atoms with van der Waals surface area (Å²) in [5.41, 5.74) is 0.672. The molecule has 0 spiro atoms. The number of allylic oxidation sites excluding steroid dienone is 4. The second-order valence-corrected chi connectivity index (χ2v) is 4.04. The monoisotopic (exact) mass is 272 g/mol. The molecule has 0 bridgehead atoms. The molecule has 106 valence electrons. The molecule has 0 aliphatic heterocycles. The van der Waals surface area contributed by atoms with Gasteiger partial charge in [-0.2, -0.15) is 0 Å². The molecular formula is C16H20N2O2. The number of pyridine rings is 1. The van der Waals surface area contributed by atoms with E-state index in [0.717, 1.165) is 12.2 Å². The number of nitrogens with one attached hydrogen (secondary N) is 1. The van der Waals surface area contributed by atoms with E-state index in [2.05, 4.69) is 16.9 Å². The normalized spacial score (nSPS) is 11.4. The molecule has 1 aromatic heterocycles. The summed E-state index contributed by atoms with van der Waals surface area (Å²) in [5, 5.41) is 2.57. The maximum atomic E-state index is 11.3. The molecule has 1 amide bonds. The minimum absolute atomic E-state index is 0.0782. The van der Waals surface area contributed by atoms with Gasteiger partial charge in [-0.3, -0.25) is 9.78 Å². The largest absolute Gasteiger partial charge is 0.458 e. The Morgan fingerprint density at radius 2 is 2.35 bits per heavy atom. The Morgan fingerprint density at radius 3 is 3.00 bits per heavy atom. The molecule has 0 unspecified atom stereocenters. The van der Waals surface area contributed by atoms with Gasteiger partial charge in [0.25, 0.3) is 0 Å². The standard InChI is InChI=1S/C16H20N2O2/c1-4-6-8-14(7-5-2)20-15-9-10-18-13(11-15)12-16(19)17-3/h4,6-11H,1,5,12H2,2-3H3,(H,17,19)/b8-6-,14-7+. The smallest absolute Gasteiger partial charge is 0.225 e. The fourth-order valence-electron chi connectivity index (χ4n) is 1.51. The van der Waals surface area contributed by atoms with Crippen LogP contribution in [0.25, 0.3) is 0 Å². The van der Waals surface area contributed by atoms with Gasteiger partial charge in [0.05, 0.1) is 12.1 Å². The number of hydrogen-bond donors (Lipinski definition) is 1. The molecule has 0 radical (unpaired) electrons. The highest BCUT2D eigenvalue weighted by molar-refractivity contribution is 5.77. The zero-order valence-electron chi connectivity index (χ0n) is 11.9. The van der Waals surface area contributed by atoms with Crippen LogP contribution in [0.3, 0.4) is 0 Å². The van der Waals surface area contributed by atoms with E-state index in [1.807, 2.05) is 25.2 Å². The van der Waals surface area contributed by atoms with E-state index in [0.29, 0.717) is 11.4 Å². The van der Waals surface area contributed by atoms with Crippen LogP contribution in [-0.2, 0) is 11.2 Å². The first kappa shape index (κ1) is 15.7. The van der Waals surface area contributed by atoms with Crippen molar-refractivity contribution in [2.75, 3.05) is 7.05 Å². The van der Waals surface area contributed by atoms with Crippen LogP contribution < -0.4 is 10.1 Å². The third kappa shape index (κ3) is 5.52. The molecule has 0 aliphatic rings. The first-order valence-electron chi connectivity index (χ1n) is 6.52. The maximum absolute atomic E-state index is 11.3. The number of aromatic nitrogens is 1. The van der Waals surface area contributed by atoms with Crippen LogP contribution >= 0.6 is 0 Å². The quantitative estimate of drug-likeness (QED) is 0.613. The lowest BCUT2D eigenvalue weighted by atomic mass is 10.2. The summed E-state index contributed by atoms with van der Waals surface area (Å²) in [6, 6.07) is 3.53. The molecule has 1 heterocycles. The van der Waals surface area contributed by atoms with Gasteiger partial charge in [-0.15, -0.1) is 0 Å². The van der Waals surface area contributed by atoms with Gasteiger partial charge in [0.2, 0.25) is 5.91 Å². The second kappa shape index (κ2) is 8.69. The summed E-state index contributed by atoms with van der Waals surface area (Å²) >= 11 is 0. The molecule has 4 nitrogen and oxygen atoms in total. The average Bonchev–Trinajstić information content (AvgIpc) is 2.45. The predicted octanol–water partition coefficient (Wildman–Crippen LogP) is 2.79. The van der Waals surface area contributed by atoms with E-state index in [-0.39, 0.29) is 12.3 Å². The maximum Gasteiger partial charge on any atom is 0.225 e. The number of hydrogen-bond acceptors (Lipinski definition) is 3. The molecule has 0 saturated heterocycles. The fraction of sp³-hybridized carbons (Fsp3) is 0.250. The van der Waals surface area contributed by atoms with E-state index < -0.39 is 0 Å². The number of nitrogens with zero attached hydrogens (tertiary/aromatic N) is 1. The van der Waals surface area contributed by atoms with Gasteiger partial charge >= 0.3 is 0 Å². The summed E-state index contributed by atoms with van der Waals surface area (Å²) in [7, 11) is 1.60. The van der Waals surface area contributed by atoms with Crippen LogP contribution in [0.2, 0.25) is 0 Å². The minimum atomic E-state index is -0.0782. The highest BCUT2D eigenvalue weighted by Crippen LogP contribution is 2.16. The van der Waals surface area contributed by atoms with Gasteiger partial charge in [-0.1, -0.05) is 25.7 Å². The molecule has 4 heteroatoms. The summed E-state index contributed by atoms with van der Waals surface area (Å²) in [6.45, 7) is 5.67. The van der Waals surface area contributed by atoms with E-state index in [1.54, 1.807) is 31.5 Å². The number of likely N-dealkylation sites (N-methyl/N-ethyl adjacent to an activating group) is 1. The van der Waals surface area contributed by atoms with Crippen LogP contribution in [0, 0.1) is 0 Å².